The van der Waals surface area contributed by atoms with Crippen LogP contribution in [0.2, 0.25) is 0 Å². The van der Waals surface area contributed by atoms with Gasteiger partial charge in [0.05, 0.1) is 0 Å². The average molecular weight is 284 g/mol. The molecule has 0 spiro atoms. The zero-order chi connectivity index (χ0) is 14.8. The van der Waals surface area contributed by atoms with Gasteiger partial charge in [-0.2, -0.15) is 0 Å². The van der Waals surface area contributed by atoms with Crippen LogP contribution in [0, 0.1) is 0 Å². The summed E-state index contributed by atoms with van der Waals surface area (Å²) in [7, 11) is 0. The summed E-state index contributed by atoms with van der Waals surface area (Å²) in [5.74, 6) is -0.0116. The molecule has 21 heavy (non-hydrogen) atoms. The fourth-order valence-electron chi connectivity index (χ4n) is 3.15. The second-order valence-electron chi connectivity index (χ2n) is 5.41. The third-order valence-corrected chi connectivity index (χ3v) is 4.22. The van der Waals surface area contributed by atoms with Crippen molar-refractivity contribution >= 4 is 0 Å². The summed E-state index contributed by atoms with van der Waals surface area (Å²) in [5, 5.41) is 23.5. The molecule has 2 aromatic carbocycles. The maximum absolute atomic E-state index is 10.1. The largest absolute Gasteiger partial charge is 0.504 e. The number of aromatic hydroxyl groups is 2. The van der Waals surface area contributed by atoms with Crippen LogP contribution in [0.1, 0.15) is 28.2 Å². The Labute approximate surface area is 124 Å². The molecule has 0 aromatic heterocycles. The molecule has 1 aliphatic rings. The Morgan fingerprint density at radius 2 is 1.95 bits per heavy atom. The smallest absolute Gasteiger partial charge is 0.162 e. The molecule has 1 heterocycles. The Morgan fingerprint density at radius 3 is 2.67 bits per heavy atom. The van der Waals surface area contributed by atoms with Crippen molar-refractivity contribution in [1.82, 2.24) is 5.32 Å². The number of nitrogens with two attached hydrogens (primary N) is 1. The highest BCUT2D eigenvalue weighted by atomic mass is 16.3. The van der Waals surface area contributed by atoms with Crippen molar-refractivity contribution in [1.29, 1.82) is 0 Å². The highest BCUT2D eigenvalue weighted by Gasteiger charge is 2.25. The average Bonchev–Trinajstić information content (AvgIpc) is 2.72. The van der Waals surface area contributed by atoms with Gasteiger partial charge >= 0.3 is 0 Å². The second kappa shape index (κ2) is 5.76. The van der Waals surface area contributed by atoms with Gasteiger partial charge in [-0.15, -0.1) is 0 Å². The van der Waals surface area contributed by atoms with Crippen molar-refractivity contribution in [2.45, 2.75) is 18.9 Å². The van der Waals surface area contributed by atoms with Crippen LogP contribution in [0.3, 0.4) is 0 Å². The van der Waals surface area contributed by atoms with Crippen molar-refractivity contribution in [2.75, 3.05) is 13.1 Å². The standard InChI is InChI=1S/C17H20N2O2/c18-9-14-12-6-7-19-10-15(11-4-2-1-3-5-11)13(12)8-16(20)17(14)21/h1-5,8,15,19-21H,6-7,9-10,18H2. The van der Waals surface area contributed by atoms with Crippen LogP contribution in [0.15, 0.2) is 36.4 Å². The van der Waals surface area contributed by atoms with Gasteiger partial charge in [0.1, 0.15) is 0 Å². The number of phenolic OH excluding ortho intramolecular Hbond substituents is 2. The van der Waals surface area contributed by atoms with E-state index in [4.69, 9.17) is 5.73 Å². The van der Waals surface area contributed by atoms with Crippen molar-refractivity contribution < 1.29 is 10.2 Å². The molecule has 0 amide bonds. The predicted molar refractivity (Wildman–Crippen MR) is 82.5 cm³/mol. The van der Waals surface area contributed by atoms with Crippen LogP contribution in [0.4, 0.5) is 0 Å². The highest BCUT2D eigenvalue weighted by molar-refractivity contribution is 5.56. The van der Waals surface area contributed by atoms with Gasteiger partial charge in [-0.25, -0.2) is 0 Å². The summed E-state index contributed by atoms with van der Waals surface area (Å²) in [6, 6.07) is 11.9. The van der Waals surface area contributed by atoms with Gasteiger partial charge in [0.2, 0.25) is 0 Å². The molecule has 1 atom stereocenters. The van der Waals surface area contributed by atoms with Gasteiger partial charge in [-0.3, -0.25) is 0 Å². The number of hydrogen-bond donors (Lipinski definition) is 4. The van der Waals surface area contributed by atoms with Crippen LogP contribution >= 0.6 is 0 Å². The van der Waals surface area contributed by atoms with E-state index >= 15 is 0 Å². The molecule has 0 fully saturated rings. The molecular formula is C17H20N2O2. The topological polar surface area (TPSA) is 78.5 Å². The van der Waals surface area contributed by atoms with Crippen LogP contribution in [0.25, 0.3) is 0 Å². The third-order valence-electron chi connectivity index (χ3n) is 4.22. The molecule has 2 aromatic rings. The van der Waals surface area contributed by atoms with Gasteiger partial charge in [-0.05, 0) is 35.7 Å². The van der Waals surface area contributed by atoms with E-state index in [1.54, 1.807) is 6.07 Å². The molecule has 0 radical (unpaired) electrons. The number of nitrogens with one attached hydrogen (secondary N) is 1. The minimum Gasteiger partial charge on any atom is -0.504 e. The maximum Gasteiger partial charge on any atom is 0.162 e. The predicted octanol–water partition coefficient (Wildman–Crippen LogP) is 1.83. The van der Waals surface area contributed by atoms with Crippen molar-refractivity contribution in [2.24, 2.45) is 5.73 Å². The van der Waals surface area contributed by atoms with Crippen molar-refractivity contribution in [3.05, 3.63) is 58.7 Å². The van der Waals surface area contributed by atoms with Gasteiger partial charge in [0, 0.05) is 24.6 Å². The zero-order valence-corrected chi connectivity index (χ0v) is 11.8. The van der Waals surface area contributed by atoms with Crippen molar-refractivity contribution in [3.63, 3.8) is 0 Å². The van der Waals surface area contributed by atoms with Crippen LogP contribution in [-0.2, 0) is 13.0 Å². The van der Waals surface area contributed by atoms with E-state index in [0.717, 1.165) is 30.6 Å². The van der Waals surface area contributed by atoms with Crippen molar-refractivity contribution in [3.8, 4) is 11.5 Å². The highest BCUT2D eigenvalue weighted by Crippen LogP contribution is 2.39. The first-order chi connectivity index (χ1) is 10.2. The monoisotopic (exact) mass is 284 g/mol. The fourth-order valence-corrected chi connectivity index (χ4v) is 3.15. The number of benzene rings is 2. The molecule has 3 rings (SSSR count). The Hall–Kier alpha value is -2.04. The molecule has 0 saturated carbocycles. The summed E-state index contributed by atoms with van der Waals surface area (Å²) >= 11 is 0. The Morgan fingerprint density at radius 1 is 1.19 bits per heavy atom. The van der Waals surface area contributed by atoms with Crippen LogP contribution in [0.5, 0.6) is 11.5 Å². The lowest BCUT2D eigenvalue weighted by molar-refractivity contribution is 0.398. The number of hydrogen-bond acceptors (Lipinski definition) is 4. The molecule has 4 nitrogen and oxygen atoms in total. The summed E-state index contributed by atoms with van der Waals surface area (Å²) in [5.41, 5.74) is 9.76. The molecule has 110 valence electrons. The lowest BCUT2D eigenvalue weighted by Gasteiger charge is -2.21. The molecule has 0 bridgehead atoms. The molecule has 0 saturated heterocycles. The second-order valence-corrected chi connectivity index (χ2v) is 5.41. The van der Waals surface area contributed by atoms with Gasteiger partial charge in [0.25, 0.3) is 0 Å². The minimum atomic E-state index is -0.0861. The van der Waals surface area contributed by atoms with Gasteiger partial charge in [-0.1, -0.05) is 30.3 Å². The number of rotatable bonds is 2. The Balaban J connectivity index is 2.18. The van der Waals surface area contributed by atoms with E-state index in [1.165, 1.54) is 5.56 Å². The van der Waals surface area contributed by atoms with E-state index in [9.17, 15) is 10.2 Å². The molecule has 5 N–H and O–H groups in total. The Kier molecular flexibility index (Phi) is 3.82. The quantitative estimate of drug-likeness (QED) is 0.635. The summed E-state index contributed by atoms with van der Waals surface area (Å²) in [6.07, 6.45) is 0.805. The van der Waals surface area contributed by atoms with Gasteiger partial charge < -0.3 is 21.3 Å². The first-order valence-electron chi connectivity index (χ1n) is 7.24. The molecular weight excluding hydrogens is 264 g/mol. The first-order valence-corrected chi connectivity index (χ1v) is 7.24. The SMILES string of the molecule is NCc1c(O)c(O)cc2c1CCNCC2c1ccccc1. The van der Waals surface area contributed by atoms with E-state index in [1.807, 2.05) is 18.2 Å². The normalized spacial score (nSPS) is 18.0. The van der Waals surface area contributed by atoms with Gasteiger partial charge in [0.15, 0.2) is 11.5 Å². The summed E-state index contributed by atoms with van der Waals surface area (Å²) in [4.78, 5) is 0. The fraction of sp³-hybridized carbons (Fsp3) is 0.294. The summed E-state index contributed by atoms with van der Waals surface area (Å²) < 4.78 is 0. The Bertz CT molecular complexity index is 641. The maximum atomic E-state index is 10.1. The molecule has 1 aliphatic heterocycles. The summed E-state index contributed by atoms with van der Waals surface area (Å²) in [6.45, 7) is 1.88. The zero-order valence-electron chi connectivity index (χ0n) is 11.8. The number of fused-ring (bicyclic) bond motifs is 1. The van der Waals surface area contributed by atoms with E-state index in [2.05, 4.69) is 17.4 Å². The molecule has 1 unspecified atom stereocenters. The molecule has 4 heteroatoms. The van der Waals surface area contributed by atoms with E-state index in [0.29, 0.717) is 5.56 Å². The lowest BCUT2D eigenvalue weighted by Crippen LogP contribution is -2.20. The third kappa shape index (κ3) is 2.48. The van der Waals surface area contributed by atoms with E-state index < -0.39 is 0 Å². The van der Waals surface area contributed by atoms with E-state index in [-0.39, 0.29) is 24.0 Å². The van der Waals surface area contributed by atoms with Crippen LogP contribution in [-0.4, -0.2) is 23.3 Å². The minimum absolute atomic E-state index is 0.0787. The van der Waals surface area contributed by atoms with Crippen LogP contribution < -0.4 is 11.1 Å². The molecule has 0 aliphatic carbocycles. The number of phenols is 2. The lowest BCUT2D eigenvalue weighted by atomic mass is 9.85. The first kappa shape index (κ1) is 13.9.